The van der Waals surface area contributed by atoms with Crippen molar-refractivity contribution in [2.45, 2.75) is 38.2 Å². The van der Waals surface area contributed by atoms with E-state index in [2.05, 4.69) is 0 Å². The van der Waals surface area contributed by atoms with Gasteiger partial charge in [0.15, 0.2) is 5.75 Å². The number of benzene rings is 1. The van der Waals surface area contributed by atoms with Crippen molar-refractivity contribution >= 4 is 23.4 Å². The summed E-state index contributed by atoms with van der Waals surface area (Å²) >= 11 is 1.62. The highest BCUT2D eigenvalue weighted by Gasteiger charge is 2.39. The lowest BCUT2D eigenvalue weighted by Crippen LogP contribution is -2.43. The predicted octanol–water partition coefficient (Wildman–Crippen LogP) is 3.03. The molecule has 0 aromatic heterocycles. The van der Waals surface area contributed by atoms with Gasteiger partial charge in [0, 0.05) is 13.2 Å². The van der Waals surface area contributed by atoms with E-state index in [9.17, 15) is 20.0 Å². The fraction of sp³-hybridized carbons (Fsp3) is 0.588. The first-order valence-electron chi connectivity index (χ1n) is 8.54. The Hall–Kier alpha value is -2.00. The smallest absolute Gasteiger partial charge is 0.327 e. The zero-order valence-electron chi connectivity index (χ0n) is 15.1. The largest absolute Gasteiger partial charge is 0.504 e. The molecule has 0 aliphatic carbocycles. The van der Waals surface area contributed by atoms with E-state index in [-0.39, 0.29) is 28.5 Å². The highest BCUT2D eigenvalue weighted by Crippen LogP contribution is 2.40. The van der Waals surface area contributed by atoms with Crippen LogP contribution in [0.3, 0.4) is 0 Å². The molecule has 26 heavy (non-hydrogen) atoms. The maximum Gasteiger partial charge on any atom is 0.327 e. The molecule has 1 heterocycles. The Balaban J connectivity index is 2.40. The standard InChI is InChI=1S/C17H24N2O6S/c1-4-25-17(26-5-2)12-7-6-10-18(12)16(21)11-8-9-13(20)15(24-3)14(11)19(22)23/h8-9,12,17,20H,4-7,10H2,1-3H3. The topological polar surface area (TPSA) is 102 Å². The number of aromatic hydroxyl groups is 1. The van der Waals surface area contributed by atoms with Gasteiger partial charge in [0.1, 0.15) is 11.0 Å². The van der Waals surface area contributed by atoms with Crippen molar-refractivity contribution in [2.75, 3.05) is 26.0 Å². The molecule has 1 aliphatic heterocycles. The average molecular weight is 384 g/mol. The van der Waals surface area contributed by atoms with Crippen LogP contribution in [0.25, 0.3) is 0 Å². The molecule has 8 nitrogen and oxygen atoms in total. The number of hydrogen-bond acceptors (Lipinski definition) is 7. The molecular formula is C17H24N2O6S. The van der Waals surface area contributed by atoms with E-state index in [1.807, 2.05) is 13.8 Å². The van der Waals surface area contributed by atoms with Crippen molar-refractivity contribution in [1.29, 1.82) is 0 Å². The van der Waals surface area contributed by atoms with Gasteiger partial charge >= 0.3 is 5.69 Å². The van der Waals surface area contributed by atoms with Gasteiger partial charge in [-0.3, -0.25) is 14.9 Å². The number of methoxy groups -OCH3 is 1. The molecule has 1 aliphatic rings. The number of hydrogen-bond donors (Lipinski definition) is 1. The monoisotopic (exact) mass is 384 g/mol. The third-order valence-electron chi connectivity index (χ3n) is 4.26. The van der Waals surface area contributed by atoms with Gasteiger partial charge in [-0.15, -0.1) is 11.8 Å². The maximum atomic E-state index is 13.1. The molecule has 1 fully saturated rings. The van der Waals surface area contributed by atoms with Crippen LogP contribution in [0, 0.1) is 10.1 Å². The minimum Gasteiger partial charge on any atom is -0.504 e. The second-order valence-corrected chi connectivity index (χ2v) is 7.13. The number of carbonyl (C=O) groups is 1. The molecule has 0 radical (unpaired) electrons. The zero-order chi connectivity index (χ0) is 19.3. The number of ether oxygens (including phenoxy) is 2. The second-order valence-electron chi connectivity index (χ2n) is 5.76. The zero-order valence-corrected chi connectivity index (χ0v) is 16.0. The van der Waals surface area contributed by atoms with Gasteiger partial charge in [-0.25, -0.2) is 0 Å². The summed E-state index contributed by atoms with van der Waals surface area (Å²) in [6.45, 7) is 4.97. The predicted molar refractivity (Wildman–Crippen MR) is 98.9 cm³/mol. The van der Waals surface area contributed by atoms with Gasteiger partial charge in [0.25, 0.3) is 5.91 Å². The van der Waals surface area contributed by atoms with Crippen LogP contribution in [0.5, 0.6) is 11.5 Å². The van der Waals surface area contributed by atoms with Crippen molar-refractivity contribution in [1.82, 2.24) is 4.90 Å². The fourth-order valence-corrected chi connectivity index (χ4v) is 4.26. The van der Waals surface area contributed by atoms with Crippen molar-refractivity contribution in [3.63, 3.8) is 0 Å². The van der Waals surface area contributed by atoms with Crippen LogP contribution in [-0.2, 0) is 4.74 Å². The van der Waals surface area contributed by atoms with Crippen LogP contribution in [0.1, 0.15) is 37.0 Å². The number of nitro groups is 1. The number of amides is 1. The minimum atomic E-state index is -0.697. The first-order valence-corrected chi connectivity index (χ1v) is 9.59. The van der Waals surface area contributed by atoms with Gasteiger partial charge in [-0.05, 0) is 37.7 Å². The summed E-state index contributed by atoms with van der Waals surface area (Å²) in [4.78, 5) is 25.5. The van der Waals surface area contributed by atoms with Gasteiger partial charge in [0.2, 0.25) is 5.75 Å². The third-order valence-corrected chi connectivity index (χ3v) is 5.38. The molecule has 1 aromatic carbocycles. The van der Waals surface area contributed by atoms with Crippen LogP contribution < -0.4 is 4.74 Å². The van der Waals surface area contributed by atoms with E-state index >= 15 is 0 Å². The van der Waals surface area contributed by atoms with E-state index in [1.54, 1.807) is 16.7 Å². The Kier molecular flexibility index (Phi) is 7.10. The normalized spacial score (nSPS) is 18.0. The van der Waals surface area contributed by atoms with Crippen LogP contribution >= 0.6 is 11.8 Å². The molecule has 9 heteroatoms. The van der Waals surface area contributed by atoms with Crippen LogP contribution in [0.15, 0.2) is 12.1 Å². The minimum absolute atomic E-state index is 0.0895. The van der Waals surface area contributed by atoms with E-state index in [1.165, 1.54) is 19.2 Å². The summed E-state index contributed by atoms with van der Waals surface area (Å²) in [5.41, 5.74) is -0.776. The quantitative estimate of drug-likeness (QED) is 0.417. The Bertz CT molecular complexity index is 663. The molecule has 0 bridgehead atoms. The first-order chi connectivity index (χ1) is 12.5. The Labute approximate surface area is 156 Å². The summed E-state index contributed by atoms with van der Waals surface area (Å²) in [6.07, 6.45) is 1.60. The lowest BCUT2D eigenvalue weighted by molar-refractivity contribution is -0.386. The van der Waals surface area contributed by atoms with Crippen molar-refractivity contribution in [3.05, 3.63) is 27.8 Å². The summed E-state index contributed by atoms with van der Waals surface area (Å²) in [7, 11) is 1.22. The lowest BCUT2D eigenvalue weighted by Gasteiger charge is -2.31. The number of nitro benzene ring substituents is 1. The van der Waals surface area contributed by atoms with Crippen LogP contribution in [-0.4, -0.2) is 58.3 Å². The fourth-order valence-electron chi connectivity index (χ4n) is 3.20. The number of nitrogens with zero attached hydrogens (tertiary/aromatic N) is 2. The number of carbonyl (C=O) groups excluding carboxylic acids is 1. The number of likely N-dealkylation sites (tertiary alicyclic amines) is 1. The summed E-state index contributed by atoms with van der Waals surface area (Å²) in [6, 6.07) is 2.37. The maximum absolute atomic E-state index is 13.1. The average Bonchev–Trinajstić information content (AvgIpc) is 3.10. The Morgan fingerprint density at radius 3 is 2.81 bits per heavy atom. The summed E-state index contributed by atoms with van der Waals surface area (Å²) < 4.78 is 10.7. The van der Waals surface area contributed by atoms with Crippen molar-refractivity contribution in [3.8, 4) is 11.5 Å². The molecule has 144 valence electrons. The molecule has 0 saturated carbocycles. The Morgan fingerprint density at radius 2 is 2.23 bits per heavy atom. The SMILES string of the molecule is CCOC(SCC)C1CCCN1C(=O)c1ccc(O)c(OC)c1[N+](=O)[O-]. The number of phenolic OH excluding ortho intramolecular Hbond substituents is 1. The van der Waals surface area contributed by atoms with Crippen molar-refractivity contribution < 1.29 is 24.3 Å². The summed E-state index contributed by atoms with van der Waals surface area (Å²) in [5, 5.41) is 21.3. The van der Waals surface area contributed by atoms with Gasteiger partial charge < -0.3 is 19.5 Å². The van der Waals surface area contributed by atoms with E-state index < -0.39 is 16.5 Å². The Morgan fingerprint density at radius 1 is 1.50 bits per heavy atom. The van der Waals surface area contributed by atoms with E-state index in [4.69, 9.17) is 9.47 Å². The van der Waals surface area contributed by atoms with Gasteiger partial charge in [-0.1, -0.05) is 6.92 Å². The number of thioether (sulfide) groups is 1. The lowest BCUT2D eigenvalue weighted by atomic mass is 10.1. The van der Waals surface area contributed by atoms with Crippen molar-refractivity contribution in [2.24, 2.45) is 0 Å². The van der Waals surface area contributed by atoms with Gasteiger partial charge in [0.05, 0.1) is 18.1 Å². The first kappa shape index (κ1) is 20.3. The molecule has 2 unspecified atom stereocenters. The molecule has 1 saturated heterocycles. The second kappa shape index (κ2) is 9.09. The van der Waals surface area contributed by atoms with E-state index in [0.717, 1.165) is 18.6 Å². The summed E-state index contributed by atoms with van der Waals surface area (Å²) in [5.74, 6) is -0.279. The molecule has 0 spiro atoms. The molecule has 2 atom stereocenters. The van der Waals surface area contributed by atoms with Gasteiger partial charge in [-0.2, -0.15) is 0 Å². The number of phenols is 1. The molecular weight excluding hydrogens is 360 g/mol. The number of rotatable bonds is 8. The highest BCUT2D eigenvalue weighted by atomic mass is 32.2. The molecule has 2 rings (SSSR count). The molecule has 1 amide bonds. The van der Waals surface area contributed by atoms with E-state index in [0.29, 0.717) is 13.2 Å². The van der Waals surface area contributed by atoms with Crippen LogP contribution in [0.2, 0.25) is 0 Å². The van der Waals surface area contributed by atoms with Crippen LogP contribution in [0.4, 0.5) is 5.69 Å². The molecule has 1 N–H and O–H groups in total. The molecule has 1 aromatic rings. The highest BCUT2D eigenvalue weighted by molar-refractivity contribution is 7.99. The third kappa shape index (κ3) is 4.04.